The summed E-state index contributed by atoms with van der Waals surface area (Å²) in [5.74, 6) is 0.586. The van der Waals surface area contributed by atoms with Gasteiger partial charge in [-0.3, -0.25) is 10.1 Å². The fraction of sp³-hybridized carbons (Fsp3) is 0.625. The summed E-state index contributed by atoms with van der Waals surface area (Å²) in [4.78, 5) is 10.8. The molecule has 1 saturated carbocycles. The molecular formula is C16H24N2O2. The number of nitro benzene ring substituents is 1. The second kappa shape index (κ2) is 6.84. The van der Waals surface area contributed by atoms with E-state index in [2.05, 4.69) is 5.32 Å². The van der Waals surface area contributed by atoms with Crippen LogP contribution in [0, 0.1) is 23.0 Å². The van der Waals surface area contributed by atoms with E-state index in [0.717, 1.165) is 17.5 Å². The van der Waals surface area contributed by atoms with Crippen molar-refractivity contribution in [2.24, 2.45) is 5.92 Å². The number of rotatable bonds is 4. The summed E-state index contributed by atoms with van der Waals surface area (Å²) in [7, 11) is 2.03. The zero-order valence-corrected chi connectivity index (χ0v) is 12.4. The summed E-state index contributed by atoms with van der Waals surface area (Å²) in [6, 6.07) is 5.99. The van der Waals surface area contributed by atoms with Crippen molar-refractivity contribution >= 4 is 5.69 Å². The van der Waals surface area contributed by atoms with Crippen molar-refractivity contribution in [1.29, 1.82) is 0 Å². The van der Waals surface area contributed by atoms with E-state index in [4.69, 9.17) is 0 Å². The third-order valence-electron chi connectivity index (χ3n) is 4.63. The molecule has 0 amide bonds. The highest BCUT2D eigenvalue weighted by Gasteiger charge is 2.24. The van der Waals surface area contributed by atoms with Crippen LogP contribution >= 0.6 is 0 Å². The number of hydrogen-bond acceptors (Lipinski definition) is 3. The summed E-state index contributed by atoms with van der Waals surface area (Å²) in [6.45, 7) is 1.87. The van der Waals surface area contributed by atoms with E-state index in [1.165, 1.54) is 32.1 Å². The maximum atomic E-state index is 11.0. The summed E-state index contributed by atoms with van der Waals surface area (Å²) < 4.78 is 0. The molecule has 0 radical (unpaired) electrons. The van der Waals surface area contributed by atoms with Gasteiger partial charge in [-0.25, -0.2) is 0 Å². The Morgan fingerprint density at radius 3 is 2.75 bits per heavy atom. The van der Waals surface area contributed by atoms with Crippen molar-refractivity contribution < 1.29 is 4.92 Å². The third kappa shape index (κ3) is 3.37. The van der Waals surface area contributed by atoms with Crippen LogP contribution in [-0.4, -0.2) is 18.0 Å². The van der Waals surface area contributed by atoms with Crippen LogP contribution in [0.25, 0.3) is 0 Å². The topological polar surface area (TPSA) is 55.2 Å². The first-order chi connectivity index (χ1) is 9.63. The van der Waals surface area contributed by atoms with E-state index < -0.39 is 0 Å². The Morgan fingerprint density at radius 1 is 1.30 bits per heavy atom. The van der Waals surface area contributed by atoms with Gasteiger partial charge < -0.3 is 5.32 Å². The molecule has 1 aliphatic carbocycles. The largest absolute Gasteiger partial charge is 0.317 e. The smallest absolute Gasteiger partial charge is 0.272 e. The van der Waals surface area contributed by atoms with Gasteiger partial charge in [0.2, 0.25) is 0 Å². The van der Waals surface area contributed by atoms with E-state index in [-0.39, 0.29) is 10.6 Å². The summed E-state index contributed by atoms with van der Waals surface area (Å²) >= 11 is 0. The molecular weight excluding hydrogens is 252 g/mol. The zero-order chi connectivity index (χ0) is 14.5. The predicted molar refractivity (Wildman–Crippen MR) is 81.0 cm³/mol. The van der Waals surface area contributed by atoms with E-state index in [1.54, 1.807) is 6.07 Å². The Hall–Kier alpha value is -1.42. The summed E-state index contributed by atoms with van der Waals surface area (Å²) in [6.07, 6.45) is 7.25. The lowest BCUT2D eigenvalue weighted by Crippen LogP contribution is -2.34. The van der Waals surface area contributed by atoms with Crippen molar-refractivity contribution in [3.63, 3.8) is 0 Å². The lowest BCUT2D eigenvalue weighted by atomic mass is 9.87. The van der Waals surface area contributed by atoms with Crippen molar-refractivity contribution in [3.8, 4) is 0 Å². The first-order valence-corrected chi connectivity index (χ1v) is 7.53. The van der Waals surface area contributed by atoms with E-state index in [9.17, 15) is 10.1 Å². The van der Waals surface area contributed by atoms with Gasteiger partial charge in [0.1, 0.15) is 0 Å². The molecule has 0 aliphatic heterocycles. The fourth-order valence-corrected chi connectivity index (χ4v) is 3.38. The maximum Gasteiger partial charge on any atom is 0.272 e. The average Bonchev–Trinajstić information content (AvgIpc) is 2.65. The molecule has 0 aromatic heterocycles. The van der Waals surface area contributed by atoms with Gasteiger partial charge in [-0.05, 0) is 44.7 Å². The quantitative estimate of drug-likeness (QED) is 0.519. The predicted octanol–water partition coefficient (Wildman–Crippen LogP) is 3.61. The Kier molecular flexibility index (Phi) is 5.12. The maximum absolute atomic E-state index is 11.0. The average molecular weight is 276 g/mol. The molecule has 1 aromatic carbocycles. The van der Waals surface area contributed by atoms with Gasteiger partial charge in [0.25, 0.3) is 5.69 Å². The van der Waals surface area contributed by atoms with Gasteiger partial charge >= 0.3 is 0 Å². The van der Waals surface area contributed by atoms with Gasteiger partial charge in [-0.15, -0.1) is 0 Å². The van der Waals surface area contributed by atoms with Gasteiger partial charge in [-0.1, -0.05) is 31.4 Å². The van der Waals surface area contributed by atoms with E-state index >= 15 is 0 Å². The Labute approximate surface area is 120 Å². The molecule has 0 heterocycles. The number of nitrogens with zero attached hydrogens (tertiary/aromatic N) is 1. The molecule has 0 bridgehead atoms. The van der Waals surface area contributed by atoms with Crippen molar-refractivity contribution in [3.05, 3.63) is 39.4 Å². The molecule has 2 rings (SSSR count). The molecule has 20 heavy (non-hydrogen) atoms. The van der Waals surface area contributed by atoms with Crippen molar-refractivity contribution in [1.82, 2.24) is 5.32 Å². The molecule has 1 aliphatic rings. The zero-order valence-electron chi connectivity index (χ0n) is 12.4. The normalized spacial score (nSPS) is 23.3. The van der Waals surface area contributed by atoms with Crippen LogP contribution in [0.5, 0.6) is 0 Å². The minimum atomic E-state index is -0.276. The minimum absolute atomic E-state index is 0.247. The van der Waals surface area contributed by atoms with Gasteiger partial charge in [-0.2, -0.15) is 0 Å². The molecule has 4 nitrogen and oxygen atoms in total. The van der Waals surface area contributed by atoms with Gasteiger partial charge in [0.15, 0.2) is 0 Å². The first kappa shape index (κ1) is 15.0. The molecule has 1 N–H and O–H groups in total. The second-order valence-electron chi connectivity index (χ2n) is 5.82. The van der Waals surface area contributed by atoms with Crippen LogP contribution in [0.2, 0.25) is 0 Å². The lowest BCUT2D eigenvalue weighted by Gasteiger charge is -2.25. The number of nitro groups is 1. The monoisotopic (exact) mass is 276 g/mol. The van der Waals surface area contributed by atoms with Gasteiger partial charge in [0, 0.05) is 17.7 Å². The molecule has 1 aromatic rings. The van der Waals surface area contributed by atoms with Crippen LogP contribution in [0.15, 0.2) is 18.2 Å². The molecule has 0 saturated heterocycles. The Bertz CT molecular complexity index is 474. The number of nitrogens with one attached hydrogen (secondary N) is 1. The molecule has 110 valence electrons. The van der Waals surface area contributed by atoms with Crippen LogP contribution in [0.1, 0.15) is 43.2 Å². The van der Waals surface area contributed by atoms with Crippen molar-refractivity contribution in [2.75, 3.05) is 7.05 Å². The molecule has 2 unspecified atom stereocenters. The van der Waals surface area contributed by atoms with Crippen LogP contribution in [0.4, 0.5) is 5.69 Å². The van der Waals surface area contributed by atoms with Crippen LogP contribution in [-0.2, 0) is 6.42 Å². The molecule has 4 heteroatoms. The highest BCUT2D eigenvalue weighted by Crippen LogP contribution is 2.29. The summed E-state index contributed by atoms with van der Waals surface area (Å²) in [5.41, 5.74) is 2.21. The summed E-state index contributed by atoms with van der Waals surface area (Å²) in [5, 5.41) is 14.5. The first-order valence-electron chi connectivity index (χ1n) is 7.53. The van der Waals surface area contributed by atoms with E-state index in [1.807, 2.05) is 26.1 Å². The van der Waals surface area contributed by atoms with Crippen LogP contribution in [0.3, 0.4) is 0 Å². The molecule has 0 spiro atoms. The van der Waals surface area contributed by atoms with E-state index in [0.29, 0.717) is 12.0 Å². The highest BCUT2D eigenvalue weighted by atomic mass is 16.6. The minimum Gasteiger partial charge on any atom is -0.317 e. The highest BCUT2D eigenvalue weighted by molar-refractivity contribution is 5.44. The van der Waals surface area contributed by atoms with Crippen LogP contribution < -0.4 is 5.32 Å². The third-order valence-corrected chi connectivity index (χ3v) is 4.63. The standard InChI is InChI=1S/C16H24N2O2/c1-12-13(8-6-10-16(12)18(19)20)11-14-7-4-3-5-9-15(14)17-2/h6,8,10,14-15,17H,3-5,7,9,11H2,1-2H3. The second-order valence-corrected chi connectivity index (χ2v) is 5.82. The number of hydrogen-bond donors (Lipinski definition) is 1. The number of benzene rings is 1. The molecule has 2 atom stereocenters. The molecule has 1 fully saturated rings. The Morgan fingerprint density at radius 2 is 2.05 bits per heavy atom. The Balaban J connectivity index is 2.19. The van der Waals surface area contributed by atoms with Crippen molar-refractivity contribution in [2.45, 2.75) is 51.5 Å². The lowest BCUT2D eigenvalue weighted by molar-refractivity contribution is -0.385. The SMILES string of the molecule is CNC1CCCCCC1Cc1cccc([N+](=O)[O-])c1C. The van der Waals surface area contributed by atoms with Gasteiger partial charge in [0.05, 0.1) is 4.92 Å². The fourth-order valence-electron chi connectivity index (χ4n) is 3.38.